The van der Waals surface area contributed by atoms with Gasteiger partial charge in [0, 0.05) is 44.9 Å². The Morgan fingerprint density at radius 1 is 1.05 bits per heavy atom. The minimum atomic E-state index is -5.08. The van der Waals surface area contributed by atoms with Gasteiger partial charge in [0.2, 0.25) is 0 Å². The Morgan fingerprint density at radius 3 is 2.24 bits per heavy atom. The Bertz CT molecular complexity index is 1460. The monoisotopic (exact) mass is 598 g/mol. The first kappa shape index (κ1) is 30.8. The van der Waals surface area contributed by atoms with E-state index in [4.69, 9.17) is 19.9 Å². The molecule has 2 aromatic heterocycles. The molecular formula is C27H28F6N6O3. The fraction of sp³-hybridized carbons (Fsp3) is 0.444. The van der Waals surface area contributed by atoms with Gasteiger partial charge in [-0.1, -0.05) is 6.07 Å². The first-order chi connectivity index (χ1) is 19.7. The van der Waals surface area contributed by atoms with E-state index in [0.29, 0.717) is 60.3 Å². The number of nitrogens with one attached hydrogen (secondary N) is 1. The number of pyridine rings is 1. The summed E-state index contributed by atoms with van der Waals surface area (Å²) in [5.74, 6) is -3.61. The second kappa shape index (κ2) is 12.4. The molecule has 3 aromatic rings. The molecular weight excluding hydrogens is 570 g/mol. The fourth-order valence-corrected chi connectivity index (χ4v) is 4.42. The van der Waals surface area contributed by atoms with Gasteiger partial charge >= 0.3 is 12.1 Å². The first-order valence-electron chi connectivity index (χ1n) is 13.0. The molecule has 1 amide bonds. The molecule has 0 bridgehead atoms. The van der Waals surface area contributed by atoms with Crippen LogP contribution in [0.15, 0.2) is 30.5 Å². The maximum absolute atomic E-state index is 15.1. The number of hydrogen-bond acceptors (Lipinski definition) is 7. The van der Waals surface area contributed by atoms with E-state index in [-0.39, 0.29) is 17.4 Å². The molecule has 1 aliphatic heterocycles. The van der Waals surface area contributed by atoms with Gasteiger partial charge in [0.15, 0.2) is 11.6 Å². The molecule has 2 aliphatic rings. The van der Waals surface area contributed by atoms with Gasteiger partial charge in [0.05, 0.1) is 11.7 Å². The number of anilines is 2. The second-order valence-corrected chi connectivity index (χ2v) is 10.3. The summed E-state index contributed by atoms with van der Waals surface area (Å²) >= 11 is 0. The van der Waals surface area contributed by atoms with Crippen molar-refractivity contribution in [3.05, 3.63) is 53.4 Å². The average Bonchev–Trinajstić information content (AvgIpc) is 3.75. The molecule has 42 heavy (non-hydrogen) atoms. The lowest BCUT2D eigenvalue weighted by Gasteiger charge is -2.35. The van der Waals surface area contributed by atoms with Crippen LogP contribution in [0.4, 0.5) is 38.0 Å². The summed E-state index contributed by atoms with van der Waals surface area (Å²) < 4.78 is 74.2. The predicted octanol–water partition coefficient (Wildman–Crippen LogP) is 5.14. The topological polar surface area (TPSA) is 112 Å². The SMILES string of the molecule is CN(C)C(=O)c1cc2nc(NC3CC3)c(N3CCC([C@@H](F)c4ccc(F)cc4F)CC3)nc2cn1.O=C(O)C(F)(F)F. The van der Waals surface area contributed by atoms with E-state index in [1.165, 1.54) is 11.0 Å². The van der Waals surface area contributed by atoms with E-state index in [0.717, 1.165) is 25.0 Å². The molecule has 0 radical (unpaired) electrons. The van der Waals surface area contributed by atoms with Crippen LogP contribution in [0.5, 0.6) is 0 Å². The maximum atomic E-state index is 15.1. The van der Waals surface area contributed by atoms with E-state index < -0.39 is 30.0 Å². The number of carboxylic acids is 1. The second-order valence-electron chi connectivity index (χ2n) is 10.3. The molecule has 0 unspecified atom stereocenters. The summed E-state index contributed by atoms with van der Waals surface area (Å²) in [4.78, 5) is 38.5. The number of fused-ring (bicyclic) bond motifs is 1. The largest absolute Gasteiger partial charge is 0.490 e. The van der Waals surface area contributed by atoms with Gasteiger partial charge in [-0.3, -0.25) is 4.79 Å². The number of amides is 1. The molecule has 1 atom stereocenters. The number of rotatable bonds is 6. The van der Waals surface area contributed by atoms with Crippen molar-refractivity contribution in [3.8, 4) is 0 Å². The van der Waals surface area contributed by atoms with Crippen molar-refractivity contribution in [2.24, 2.45) is 5.92 Å². The number of carbonyl (C=O) groups is 2. The van der Waals surface area contributed by atoms with Crippen molar-refractivity contribution in [2.45, 2.75) is 44.1 Å². The zero-order chi connectivity index (χ0) is 30.8. The molecule has 1 saturated carbocycles. The molecule has 3 heterocycles. The normalized spacial score (nSPS) is 16.4. The molecule has 5 rings (SSSR count). The van der Waals surface area contributed by atoms with E-state index in [9.17, 15) is 26.7 Å². The number of carbonyl (C=O) groups excluding carboxylic acids is 1. The molecule has 1 saturated heterocycles. The van der Waals surface area contributed by atoms with Crippen LogP contribution >= 0.6 is 0 Å². The van der Waals surface area contributed by atoms with E-state index >= 15 is 4.39 Å². The number of benzene rings is 1. The summed E-state index contributed by atoms with van der Waals surface area (Å²) in [7, 11) is 3.33. The zero-order valence-corrected chi connectivity index (χ0v) is 22.6. The number of aromatic nitrogens is 3. The Balaban J connectivity index is 0.000000517. The van der Waals surface area contributed by atoms with Crippen LogP contribution in [0.25, 0.3) is 11.0 Å². The van der Waals surface area contributed by atoms with Crippen LogP contribution in [0, 0.1) is 17.6 Å². The van der Waals surface area contributed by atoms with Crippen molar-refractivity contribution in [1.82, 2.24) is 19.9 Å². The standard InChI is InChI=1S/C25H27F3N6O.C2HF3O2/c1-33(2)25(35)20-12-19-21(13-29-20)32-24(23(31-19)30-16-4-5-16)34-9-7-14(8-10-34)22(28)17-6-3-15(26)11-18(17)27;3-2(4,5)1(6)7/h3,6,11-14,16,22H,4-5,7-10H2,1-2H3,(H,30,31);(H,6,7)/t22-;/m1./s1. The van der Waals surface area contributed by atoms with E-state index in [1.54, 1.807) is 26.4 Å². The van der Waals surface area contributed by atoms with Crippen LogP contribution in [0.3, 0.4) is 0 Å². The Morgan fingerprint density at radius 2 is 1.69 bits per heavy atom. The predicted molar refractivity (Wildman–Crippen MR) is 141 cm³/mol. The third-order valence-electron chi connectivity index (χ3n) is 6.83. The van der Waals surface area contributed by atoms with Gasteiger partial charge in [-0.25, -0.2) is 32.9 Å². The minimum Gasteiger partial charge on any atom is -0.475 e. The third-order valence-corrected chi connectivity index (χ3v) is 6.83. The first-order valence-corrected chi connectivity index (χ1v) is 13.0. The van der Waals surface area contributed by atoms with Crippen molar-refractivity contribution in [2.75, 3.05) is 37.4 Å². The summed E-state index contributed by atoms with van der Waals surface area (Å²) in [5.41, 5.74) is 1.34. The highest BCUT2D eigenvalue weighted by Gasteiger charge is 2.38. The minimum absolute atomic E-state index is 0.0967. The number of carboxylic acid groups (broad SMARTS) is 1. The van der Waals surface area contributed by atoms with Gasteiger partial charge in [0.1, 0.15) is 29.0 Å². The number of nitrogens with zero attached hydrogens (tertiary/aromatic N) is 5. The molecule has 1 aromatic carbocycles. The van der Waals surface area contributed by atoms with Crippen LogP contribution < -0.4 is 10.2 Å². The number of aliphatic carboxylic acids is 1. The lowest BCUT2D eigenvalue weighted by Crippen LogP contribution is -2.36. The van der Waals surface area contributed by atoms with Crippen LogP contribution in [-0.4, -0.2) is 76.2 Å². The van der Waals surface area contributed by atoms with Gasteiger partial charge in [-0.05, 0) is 43.7 Å². The van der Waals surface area contributed by atoms with Crippen molar-refractivity contribution in [1.29, 1.82) is 0 Å². The van der Waals surface area contributed by atoms with Crippen LogP contribution in [0.1, 0.15) is 47.9 Å². The van der Waals surface area contributed by atoms with Crippen LogP contribution in [-0.2, 0) is 4.79 Å². The Hall–Kier alpha value is -4.17. The van der Waals surface area contributed by atoms with Crippen molar-refractivity contribution < 1.29 is 41.0 Å². The highest BCUT2D eigenvalue weighted by atomic mass is 19.4. The zero-order valence-electron chi connectivity index (χ0n) is 22.6. The molecule has 2 fully saturated rings. The fourth-order valence-electron chi connectivity index (χ4n) is 4.42. The number of alkyl halides is 4. The van der Waals surface area contributed by atoms with E-state index in [1.807, 2.05) is 0 Å². The molecule has 15 heteroatoms. The van der Waals surface area contributed by atoms with Crippen molar-refractivity contribution >= 4 is 34.5 Å². The highest BCUT2D eigenvalue weighted by molar-refractivity contribution is 5.95. The average molecular weight is 599 g/mol. The molecule has 2 N–H and O–H groups in total. The summed E-state index contributed by atoms with van der Waals surface area (Å²) in [6, 6.07) is 4.98. The highest BCUT2D eigenvalue weighted by Crippen LogP contribution is 2.38. The Labute approximate surface area is 236 Å². The quantitative estimate of drug-likeness (QED) is 0.376. The molecule has 9 nitrogen and oxygen atoms in total. The number of halogens is 6. The Kier molecular flexibility index (Phi) is 9.06. The van der Waals surface area contributed by atoms with Crippen molar-refractivity contribution in [3.63, 3.8) is 0 Å². The summed E-state index contributed by atoms with van der Waals surface area (Å²) in [6.45, 7) is 1.05. The summed E-state index contributed by atoms with van der Waals surface area (Å²) in [5, 5.41) is 10.6. The maximum Gasteiger partial charge on any atom is 0.490 e. The third kappa shape index (κ3) is 7.36. The lowest BCUT2D eigenvalue weighted by atomic mass is 9.88. The lowest BCUT2D eigenvalue weighted by molar-refractivity contribution is -0.192. The summed E-state index contributed by atoms with van der Waals surface area (Å²) in [6.07, 6.45) is -1.94. The molecule has 226 valence electrons. The number of piperidine rings is 1. The smallest absolute Gasteiger partial charge is 0.475 e. The van der Waals surface area contributed by atoms with Gasteiger partial charge < -0.3 is 20.2 Å². The molecule has 0 spiro atoms. The molecule has 1 aliphatic carbocycles. The van der Waals surface area contributed by atoms with Gasteiger partial charge in [0.25, 0.3) is 5.91 Å². The van der Waals surface area contributed by atoms with Gasteiger partial charge in [-0.2, -0.15) is 13.2 Å². The van der Waals surface area contributed by atoms with E-state index in [2.05, 4.69) is 15.2 Å². The van der Waals surface area contributed by atoms with Gasteiger partial charge in [-0.15, -0.1) is 0 Å². The number of hydrogen-bond donors (Lipinski definition) is 2. The van der Waals surface area contributed by atoms with Crippen LogP contribution in [0.2, 0.25) is 0 Å².